The zero-order valence-electron chi connectivity index (χ0n) is 14.0. The maximum absolute atomic E-state index is 12.2. The van der Waals surface area contributed by atoms with E-state index in [-0.39, 0.29) is 17.5 Å². The summed E-state index contributed by atoms with van der Waals surface area (Å²) in [6, 6.07) is 0. The molecule has 3 rings (SSSR count). The Balaban J connectivity index is 1.49. The molecule has 1 saturated heterocycles. The number of carbonyl (C=O) groups is 1. The maximum Gasteiger partial charge on any atom is 0.307 e. The minimum atomic E-state index is 0.0233. The van der Waals surface area contributed by atoms with Crippen molar-refractivity contribution < 1.29 is 9.53 Å². The molecule has 2 bridgehead atoms. The Morgan fingerprint density at radius 3 is 2.48 bits per heavy atom. The summed E-state index contributed by atoms with van der Waals surface area (Å²) in [6.45, 7) is 10.3. The number of hydrogen-bond donors (Lipinski definition) is 0. The Kier molecular flexibility index (Phi) is 4.06. The molecule has 0 aromatic carbocycles. The highest BCUT2D eigenvalue weighted by Crippen LogP contribution is 2.66. The molecule has 1 heterocycles. The van der Waals surface area contributed by atoms with Gasteiger partial charge in [0.15, 0.2) is 0 Å². The molecule has 3 fully saturated rings. The Bertz CT molecular complexity index is 400. The van der Waals surface area contributed by atoms with Crippen LogP contribution >= 0.6 is 0 Å². The smallest absolute Gasteiger partial charge is 0.307 e. The van der Waals surface area contributed by atoms with Gasteiger partial charge in [-0.15, -0.1) is 0 Å². The van der Waals surface area contributed by atoms with Gasteiger partial charge in [0, 0.05) is 12.0 Å². The zero-order chi connectivity index (χ0) is 15.1. The topological polar surface area (TPSA) is 29.5 Å². The number of fused-ring (bicyclic) bond motifs is 2. The molecule has 21 heavy (non-hydrogen) atoms. The fraction of sp³-hybridized carbons (Fsp3) is 0.944. The number of esters is 1. The highest BCUT2D eigenvalue weighted by atomic mass is 16.5. The Labute approximate surface area is 129 Å². The van der Waals surface area contributed by atoms with Gasteiger partial charge in [0.05, 0.1) is 6.42 Å². The summed E-state index contributed by atoms with van der Waals surface area (Å²) < 4.78 is 5.91. The maximum atomic E-state index is 12.2. The number of carbonyl (C=O) groups excluding carboxylic acids is 1. The van der Waals surface area contributed by atoms with E-state index in [1.165, 1.54) is 32.1 Å². The van der Waals surface area contributed by atoms with Gasteiger partial charge in [-0.05, 0) is 56.5 Å². The number of piperidine rings is 1. The van der Waals surface area contributed by atoms with Gasteiger partial charge in [-0.2, -0.15) is 0 Å². The predicted octanol–water partition coefficient (Wildman–Crippen LogP) is 3.62. The summed E-state index contributed by atoms with van der Waals surface area (Å²) in [5, 5.41) is 0. The molecule has 0 N–H and O–H groups in total. The van der Waals surface area contributed by atoms with Crippen LogP contribution in [0.1, 0.15) is 65.7 Å². The van der Waals surface area contributed by atoms with Crippen LogP contribution in [0.3, 0.4) is 0 Å². The van der Waals surface area contributed by atoms with Crippen molar-refractivity contribution in [1.29, 1.82) is 0 Å². The lowest BCUT2D eigenvalue weighted by Gasteiger charge is -2.38. The second-order valence-electron chi connectivity index (χ2n) is 8.24. The van der Waals surface area contributed by atoms with Crippen LogP contribution < -0.4 is 0 Å². The first-order chi connectivity index (χ1) is 9.93. The Morgan fingerprint density at radius 1 is 1.19 bits per heavy atom. The summed E-state index contributed by atoms with van der Waals surface area (Å²) in [5.41, 5.74) is 0.517. The van der Waals surface area contributed by atoms with Gasteiger partial charge in [-0.3, -0.25) is 4.79 Å². The average molecular weight is 293 g/mol. The molecule has 1 aliphatic heterocycles. The van der Waals surface area contributed by atoms with Crippen LogP contribution in [-0.2, 0) is 9.53 Å². The number of nitrogens with zero attached hydrogens (tertiary/aromatic N) is 1. The first-order valence-corrected chi connectivity index (χ1v) is 8.85. The second kappa shape index (κ2) is 5.57. The fourth-order valence-corrected chi connectivity index (χ4v) is 4.96. The SMILES string of the molecule is CC1(C)[C@H]2CC[C@]1(C)[C@H](OC(=O)CCN1CCCCC1)C2. The van der Waals surface area contributed by atoms with Crippen molar-refractivity contribution in [3.05, 3.63) is 0 Å². The third-order valence-electron chi connectivity index (χ3n) is 7.07. The minimum absolute atomic E-state index is 0.0233. The van der Waals surface area contributed by atoms with E-state index < -0.39 is 0 Å². The van der Waals surface area contributed by atoms with E-state index in [0.717, 1.165) is 32.0 Å². The van der Waals surface area contributed by atoms with Crippen LogP contribution in [0.25, 0.3) is 0 Å². The molecule has 0 aromatic rings. The molecule has 2 saturated carbocycles. The van der Waals surface area contributed by atoms with Gasteiger partial charge in [-0.1, -0.05) is 27.2 Å². The summed E-state index contributed by atoms with van der Waals surface area (Å²) in [7, 11) is 0. The molecule has 3 nitrogen and oxygen atoms in total. The standard InChI is InChI=1S/C18H31NO2/c1-17(2)14-7-9-18(17,3)15(13-14)21-16(20)8-12-19-10-5-4-6-11-19/h14-15H,4-13H2,1-3H3/t14-,15+,18+/m0/s1. The molecule has 120 valence electrons. The van der Waals surface area contributed by atoms with Crippen molar-refractivity contribution in [2.75, 3.05) is 19.6 Å². The van der Waals surface area contributed by atoms with Crippen LogP contribution in [0.5, 0.6) is 0 Å². The minimum Gasteiger partial charge on any atom is -0.462 e. The van der Waals surface area contributed by atoms with Crippen molar-refractivity contribution in [3.8, 4) is 0 Å². The third-order valence-corrected chi connectivity index (χ3v) is 7.07. The summed E-state index contributed by atoms with van der Waals surface area (Å²) in [4.78, 5) is 14.6. The first-order valence-electron chi connectivity index (χ1n) is 8.85. The van der Waals surface area contributed by atoms with Crippen molar-refractivity contribution >= 4 is 5.97 Å². The predicted molar refractivity (Wildman–Crippen MR) is 84.0 cm³/mol. The molecule has 3 aliphatic rings. The van der Waals surface area contributed by atoms with Gasteiger partial charge in [0.1, 0.15) is 6.10 Å². The molecule has 0 radical (unpaired) electrons. The van der Waals surface area contributed by atoms with Gasteiger partial charge >= 0.3 is 5.97 Å². The van der Waals surface area contributed by atoms with Crippen LogP contribution in [0.15, 0.2) is 0 Å². The molecular formula is C18H31NO2. The van der Waals surface area contributed by atoms with Gasteiger partial charge in [0.2, 0.25) is 0 Å². The molecular weight excluding hydrogens is 262 g/mol. The summed E-state index contributed by atoms with van der Waals surface area (Å²) in [5.74, 6) is 0.762. The summed E-state index contributed by atoms with van der Waals surface area (Å²) >= 11 is 0. The Hall–Kier alpha value is -0.570. The van der Waals surface area contributed by atoms with Gasteiger partial charge in [-0.25, -0.2) is 0 Å². The quantitative estimate of drug-likeness (QED) is 0.741. The highest BCUT2D eigenvalue weighted by Gasteiger charge is 2.62. The fourth-order valence-electron chi connectivity index (χ4n) is 4.96. The normalized spacial score (nSPS) is 38.6. The van der Waals surface area contributed by atoms with Crippen molar-refractivity contribution in [2.45, 2.75) is 71.8 Å². The lowest BCUT2D eigenvalue weighted by molar-refractivity contribution is -0.157. The largest absolute Gasteiger partial charge is 0.462 e. The van der Waals surface area contributed by atoms with Gasteiger partial charge < -0.3 is 9.64 Å². The monoisotopic (exact) mass is 293 g/mol. The summed E-state index contributed by atoms with van der Waals surface area (Å²) in [6.07, 6.45) is 8.24. The third kappa shape index (κ3) is 2.62. The molecule has 2 aliphatic carbocycles. The van der Waals surface area contributed by atoms with Crippen molar-refractivity contribution in [3.63, 3.8) is 0 Å². The van der Waals surface area contributed by atoms with E-state index in [4.69, 9.17) is 4.74 Å². The molecule has 0 aromatic heterocycles. The van der Waals surface area contributed by atoms with Crippen molar-refractivity contribution in [2.24, 2.45) is 16.7 Å². The van der Waals surface area contributed by atoms with E-state index in [0.29, 0.717) is 11.8 Å². The highest BCUT2D eigenvalue weighted by molar-refractivity contribution is 5.70. The molecule has 3 atom stereocenters. The van der Waals surface area contributed by atoms with E-state index >= 15 is 0 Å². The Morgan fingerprint density at radius 2 is 1.90 bits per heavy atom. The van der Waals surface area contributed by atoms with E-state index in [1.54, 1.807) is 0 Å². The van der Waals surface area contributed by atoms with Crippen LogP contribution in [0.4, 0.5) is 0 Å². The molecule has 0 spiro atoms. The van der Waals surface area contributed by atoms with E-state index in [9.17, 15) is 4.79 Å². The molecule has 3 heteroatoms. The molecule has 0 amide bonds. The van der Waals surface area contributed by atoms with Crippen molar-refractivity contribution in [1.82, 2.24) is 4.90 Å². The first kappa shape index (κ1) is 15.3. The number of ether oxygens (including phenoxy) is 1. The van der Waals surface area contributed by atoms with E-state index in [1.807, 2.05) is 0 Å². The zero-order valence-corrected chi connectivity index (χ0v) is 14.0. The number of rotatable bonds is 4. The number of hydrogen-bond acceptors (Lipinski definition) is 3. The average Bonchev–Trinajstić information content (AvgIpc) is 2.79. The van der Waals surface area contributed by atoms with E-state index in [2.05, 4.69) is 25.7 Å². The van der Waals surface area contributed by atoms with Gasteiger partial charge in [0.25, 0.3) is 0 Å². The molecule has 0 unspecified atom stereocenters. The lowest BCUT2D eigenvalue weighted by atomic mass is 9.70. The lowest BCUT2D eigenvalue weighted by Crippen LogP contribution is -2.39. The number of likely N-dealkylation sites (tertiary alicyclic amines) is 1. The van der Waals surface area contributed by atoms with Crippen LogP contribution in [-0.4, -0.2) is 36.6 Å². The van der Waals surface area contributed by atoms with Crippen LogP contribution in [0, 0.1) is 16.7 Å². The van der Waals surface area contributed by atoms with Crippen LogP contribution in [0.2, 0.25) is 0 Å². The second-order valence-corrected chi connectivity index (χ2v) is 8.24.